The lowest BCUT2D eigenvalue weighted by molar-refractivity contribution is 0.784. The first kappa shape index (κ1) is 36.1. The zero-order chi connectivity index (χ0) is 36.1. The summed E-state index contributed by atoms with van der Waals surface area (Å²) in [5.74, 6) is 0.102. The molecule has 2 atom stereocenters. The highest BCUT2D eigenvalue weighted by Gasteiger charge is 2.39. The van der Waals surface area contributed by atoms with Crippen LogP contribution in [-0.2, 0) is 6.42 Å². The van der Waals surface area contributed by atoms with Gasteiger partial charge in [0.2, 0.25) is 0 Å². The van der Waals surface area contributed by atoms with Gasteiger partial charge >= 0.3 is 0 Å². The molecule has 0 fully saturated rings. The highest BCUT2D eigenvalue weighted by atomic mass is 15.2. The van der Waals surface area contributed by atoms with E-state index in [0.717, 1.165) is 25.7 Å². The van der Waals surface area contributed by atoms with Crippen LogP contribution < -0.4 is 4.90 Å². The van der Waals surface area contributed by atoms with E-state index in [2.05, 4.69) is 202 Å². The summed E-state index contributed by atoms with van der Waals surface area (Å²) in [5, 5.41) is 0. The van der Waals surface area contributed by atoms with Crippen molar-refractivity contribution in [3.05, 3.63) is 227 Å². The van der Waals surface area contributed by atoms with Gasteiger partial charge < -0.3 is 4.90 Å². The maximum absolute atomic E-state index is 3.95. The lowest BCUT2D eigenvalue weighted by atomic mass is 9.79. The molecule has 0 N–H and O–H groups in total. The molecule has 1 heterocycles. The molecular weight excluding hydrogens is 627 g/mol. The van der Waals surface area contributed by atoms with Crippen molar-refractivity contribution in [3.8, 4) is 0 Å². The number of fused-ring (bicyclic) bond motifs is 1. The lowest BCUT2D eigenvalue weighted by Crippen LogP contribution is -2.35. The molecule has 2 unspecified atom stereocenters. The number of hydrogen-bond donors (Lipinski definition) is 0. The molecule has 0 spiro atoms. The average molecular weight is 678 g/mol. The van der Waals surface area contributed by atoms with Gasteiger partial charge in [0, 0.05) is 22.9 Å². The van der Waals surface area contributed by atoms with Crippen LogP contribution in [-0.4, -0.2) is 0 Å². The Balaban J connectivity index is 1.43. The molecular formula is C51H51N. The van der Waals surface area contributed by atoms with Crippen LogP contribution in [0.2, 0.25) is 0 Å². The Labute approximate surface area is 312 Å². The standard InChI is InChI=1S/C51H51N/c1-5-8-26-43(36-35-41-23-12-9-13-24-41)44-28-19-29-46(38-44)52-49-32-18-17-31-48(49)51(52)50(39(4)20-6-2)47-30-16-15-27-45(47)37-42-25-14-10-11-22-40(21-7-3)33-34-42/h5-6,8-20,23-36,38,43,51H,1,7,21-22,37H2,2-4H3/b11-10?,20-6-,25-14-,26-8-,36-35?,40-33-,42-34-,50-39-. The number of para-hydroxylation sites is 1. The molecule has 0 bridgehead atoms. The van der Waals surface area contributed by atoms with E-state index in [9.17, 15) is 0 Å². The first-order valence-electron chi connectivity index (χ1n) is 18.8. The van der Waals surface area contributed by atoms with Crippen LogP contribution in [0.4, 0.5) is 11.4 Å². The quantitative estimate of drug-likeness (QED) is 0.127. The molecule has 0 aromatic heterocycles. The van der Waals surface area contributed by atoms with E-state index in [4.69, 9.17) is 0 Å². The highest BCUT2D eigenvalue weighted by Crippen LogP contribution is 2.55. The van der Waals surface area contributed by atoms with Crippen molar-refractivity contribution in [2.24, 2.45) is 0 Å². The molecule has 1 heteroatoms. The molecule has 0 saturated carbocycles. The minimum Gasteiger partial charge on any atom is -0.329 e. The van der Waals surface area contributed by atoms with E-state index in [1.165, 1.54) is 61.5 Å². The molecule has 260 valence electrons. The van der Waals surface area contributed by atoms with Crippen molar-refractivity contribution in [2.45, 2.75) is 58.4 Å². The summed E-state index contributed by atoms with van der Waals surface area (Å²) in [7, 11) is 0. The maximum Gasteiger partial charge on any atom is 0.0873 e. The third-order valence-corrected chi connectivity index (χ3v) is 9.89. The number of anilines is 2. The summed E-state index contributed by atoms with van der Waals surface area (Å²) in [5.41, 5.74) is 14.3. The van der Waals surface area contributed by atoms with Gasteiger partial charge in [0.1, 0.15) is 0 Å². The predicted octanol–water partition coefficient (Wildman–Crippen LogP) is 14.2. The summed E-state index contributed by atoms with van der Waals surface area (Å²) in [4.78, 5) is 2.54. The zero-order valence-corrected chi connectivity index (χ0v) is 31.0. The van der Waals surface area contributed by atoms with Crippen LogP contribution in [0.15, 0.2) is 199 Å². The fraction of sp³-hybridized carbons (Fsp3) is 0.176. The lowest BCUT2D eigenvalue weighted by Gasteiger charge is -2.47. The second-order valence-corrected chi connectivity index (χ2v) is 13.6. The first-order valence-corrected chi connectivity index (χ1v) is 18.8. The number of hydrogen-bond acceptors (Lipinski definition) is 1. The third kappa shape index (κ3) is 8.61. The minimum absolute atomic E-state index is 0.0647. The normalized spacial score (nSPS) is 19.4. The minimum atomic E-state index is 0.0647. The van der Waals surface area contributed by atoms with Crippen LogP contribution >= 0.6 is 0 Å². The van der Waals surface area contributed by atoms with Gasteiger partial charge in [0.05, 0.1) is 6.04 Å². The number of nitrogens with zero attached hydrogens (tertiary/aromatic N) is 1. The van der Waals surface area contributed by atoms with E-state index < -0.39 is 0 Å². The topological polar surface area (TPSA) is 3.24 Å². The molecule has 6 rings (SSSR count). The summed E-state index contributed by atoms with van der Waals surface area (Å²) < 4.78 is 0. The van der Waals surface area contributed by atoms with Crippen molar-refractivity contribution in [1.82, 2.24) is 0 Å². The van der Waals surface area contributed by atoms with Gasteiger partial charge in [-0.2, -0.15) is 0 Å². The fourth-order valence-corrected chi connectivity index (χ4v) is 7.39. The highest BCUT2D eigenvalue weighted by molar-refractivity contribution is 5.91. The Morgan fingerprint density at radius 3 is 2.52 bits per heavy atom. The second-order valence-electron chi connectivity index (χ2n) is 13.6. The van der Waals surface area contributed by atoms with Crippen LogP contribution in [0.3, 0.4) is 0 Å². The molecule has 1 aliphatic carbocycles. The Morgan fingerprint density at radius 2 is 1.69 bits per heavy atom. The largest absolute Gasteiger partial charge is 0.329 e. The van der Waals surface area contributed by atoms with Gasteiger partial charge in [-0.15, -0.1) is 0 Å². The van der Waals surface area contributed by atoms with Crippen molar-refractivity contribution >= 4 is 23.0 Å². The SMILES string of the molecule is C=C/C=C\C(C=Cc1ccccc1)c1cccc(N2c3ccccc3C2/C(=C(C)\C=C/C)c2ccccc2CC2=C\C=C(\CCC)CC=C/C=C\2)c1. The van der Waals surface area contributed by atoms with Gasteiger partial charge in [0.25, 0.3) is 0 Å². The maximum atomic E-state index is 3.95. The monoisotopic (exact) mass is 677 g/mol. The molecule has 1 aliphatic heterocycles. The molecule has 4 aromatic carbocycles. The molecule has 4 aromatic rings. The van der Waals surface area contributed by atoms with Gasteiger partial charge in [-0.25, -0.2) is 0 Å². The Bertz CT molecular complexity index is 2090. The summed E-state index contributed by atoms with van der Waals surface area (Å²) >= 11 is 0. The molecule has 0 radical (unpaired) electrons. The fourth-order valence-electron chi connectivity index (χ4n) is 7.39. The number of benzene rings is 4. The summed E-state index contributed by atoms with van der Waals surface area (Å²) in [6, 6.07) is 37.6. The zero-order valence-electron chi connectivity index (χ0n) is 31.0. The van der Waals surface area contributed by atoms with Gasteiger partial charge in [0.15, 0.2) is 0 Å². The second kappa shape index (κ2) is 18.0. The van der Waals surface area contributed by atoms with Gasteiger partial charge in [-0.1, -0.05) is 189 Å². The van der Waals surface area contributed by atoms with Crippen molar-refractivity contribution < 1.29 is 0 Å². The van der Waals surface area contributed by atoms with Gasteiger partial charge in [-0.3, -0.25) is 0 Å². The summed E-state index contributed by atoms with van der Waals surface area (Å²) in [6.07, 6.45) is 32.9. The molecule has 0 amide bonds. The number of allylic oxidation sites excluding steroid dienone is 15. The van der Waals surface area contributed by atoms with E-state index >= 15 is 0 Å². The van der Waals surface area contributed by atoms with Gasteiger partial charge in [-0.05, 0) is 90.3 Å². The van der Waals surface area contributed by atoms with E-state index in [1.54, 1.807) is 0 Å². The molecule has 52 heavy (non-hydrogen) atoms. The first-order chi connectivity index (χ1) is 25.6. The van der Waals surface area contributed by atoms with Crippen molar-refractivity contribution in [1.29, 1.82) is 0 Å². The Kier molecular flexibility index (Phi) is 12.5. The Hall–Kier alpha value is -5.66. The van der Waals surface area contributed by atoms with Crippen molar-refractivity contribution in [3.63, 3.8) is 0 Å². The average Bonchev–Trinajstić information content (AvgIpc) is 3.27. The van der Waals surface area contributed by atoms with Crippen LogP contribution in [0.1, 0.15) is 79.8 Å². The van der Waals surface area contributed by atoms with Crippen LogP contribution in [0.5, 0.6) is 0 Å². The van der Waals surface area contributed by atoms with Crippen molar-refractivity contribution in [2.75, 3.05) is 4.90 Å². The van der Waals surface area contributed by atoms with Crippen LogP contribution in [0, 0.1) is 0 Å². The van der Waals surface area contributed by atoms with E-state index in [-0.39, 0.29) is 12.0 Å². The smallest absolute Gasteiger partial charge is 0.0873 e. The number of rotatable bonds is 13. The molecule has 0 saturated heterocycles. The Morgan fingerprint density at radius 1 is 0.885 bits per heavy atom. The summed E-state index contributed by atoms with van der Waals surface area (Å²) in [6.45, 7) is 10.6. The van der Waals surface area contributed by atoms with E-state index in [1.807, 2.05) is 12.2 Å². The molecule has 2 aliphatic rings. The molecule has 1 nitrogen and oxygen atoms in total. The predicted molar refractivity (Wildman–Crippen MR) is 227 cm³/mol. The third-order valence-electron chi connectivity index (χ3n) is 9.89. The van der Waals surface area contributed by atoms with E-state index in [0.29, 0.717) is 0 Å². The van der Waals surface area contributed by atoms with Crippen LogP contribution in [0.25, 0.3) is 11.6 Å².